The molecule has 16 heavy (non-hydrogen) atoms. The Kier molecular flexibility index (Phi) is 2.65. The van der Waals surface area contributed by atoms with E-state index in [9.17, 15) is 0 Å². The summed E-state index contributed by atoms with van der Waals surface area (Å²) in [5.74, 6) is 3.21. The Balaban J connectivity index is 0.000000810. The largest absolute Gasteiger partial charge is 1.00 e. The Hall–Kier alpha value is 0.0774. The molecular formula is C15H19Li. The van der Waals surface area contributed by atoms with Crippen molar-refractivity contribution < 1.29 is 18.9 Å². The number of hydrogen-bond acceptors (Lipinski definition) is 0. The average Bonchev–Trinajstić information content (AvgIpc) is 2.67. The summed E-state index contributed by atoms with van der Waals surface area (Å²) < 4.78 is 0. The first kappa shape index (κ1) is 11.2. The van der Waals surface area contributed by atoms with Crippen molar-refractivity contribution in [1.29, 1.82) is 0 Å². The van der Waals surface area contributed by atoms with Crippen LogP contribution in [0.5, 0.6) is 0 Å². The van der Waals surface area contributed by atoms with Crippen LogP contribution in [0, 0.1) is 29.2 Å². The molecule has 80 valence electrons. The van der Waals surface area contributed by atoms with Crippen molar-refractivity contribution in [1.82, 2.24) is 0 Å². The summed E-state index contributed by atoms with van der Waals surface area (Å²) in [4.78, 5) is 0. The summed E-state index contributed by atoms with van der Waals surface area (Å²) in [6, 6.07) is 0. The van der Waals surface area contributed by atoms with Crippen LogP contribution >= 0.6 is 0 Å². The topological polar surface area (TPSA) is 0 Å². The molecule has 0 spiro atoms. The maximum Gasteiger partial charge on any atom is 1.00 e. The maximum absolute atomic E-state index is 3.62. The summed E-state index contributed by atoms with van der Waals surface area (Å²) in [5, 5.41) is 0. The fraction of sp³-hybridized carbons (Fsp3) is 0.733. The Labute approximate surface area is 111 Å². The predicted molar refractivity (Wildman–Crippen MR) is 61.1 cm³/mol. The van der Waals surface area contributed by atoms with E-state index in [0.717, 1.165) is 24.2 Å². The second-order valence-corrected chi connectivity index (χ2v) is 6.39. The molecular weight excluding hydrogens is 187 g/mol. The van der Waals surface area contributed by atoms with E-state index < -0.39 is 0 Å². The number of rotatable bonds is 1. The molecule has 1 heteroatoms. The van der Waals surface area contributed by atoms with Gasteiger partial charge in [-0.2, -0.15) is 6.08 Å². The third-order valence-electron chi connectivity index (χ3n) is 5.30. The Bertz CT molecular complexity index is 315. The monoisotopic (exact) mass is 206 g/mol. The summed E-state index contributed by atoms with van der Waals surface area (Å²) in [6.45, 7) is 0. The van der Waals surface area contributed by atoms with Gasteiger partial charge in [-0.25, -0.2) is 11.6 Å². The van der Waals surface area contributed by atoms with Crippen molar-refractivity contribution in [2.24, 2.45) is 23.2 Å². The van der Waals surface area contributed by atoms with Crippen molar-refractivity contribution in [2.45, 2.75) is 44.9 Å². The number of hydrogen-bond donors (Lipinski definition) is 0. The van der Waals surface area contributed by atoms with Gasteiger partial charge in [0.15, 0.2) is 0 Å². The zero-order valence-corrected chi connectivity index (χ0v) is 10.3. The van der Waals surface area contributed by atoms with Crippen LogP contribution in [0.2, 0.25) is 0 Å². The van der Waals surface area contributed by atoms with E-state index in [4.69, 9.17) is 0 Å². The van der Waals surface area contributed by atoms with Gasteiger partial charge in [-0.1, -0.05) is 0 Å². The van der Waals surface area contributed by atoms with E-state index in [1.54, 1.807) is 24.8 Å². The van der Waals surface area contributed by atoms with Gasteiger partial charge in [-0.05, 0) is 61.7 Å². The van der Waals surface area contributed by atoms with Crippen LogP contribution in [-0.4, -0.2) is 0 Å². The second-order valence-electron chi connectivity index (χ2n) is 6.39. The molecule has 0 aromatic heterocycles. The van der Waals surface area contributed by atoms with Gasteiger partial charge in [0, 0.05) is 0 Å². The summed E-state index contributed by atoms with van der Waals surface area (Å²) in [5.41, 5.74) is 2.20. The minimum absolute atomic E-state index is 0. The first-order valence-corrected chi connectivity index (χ1v) is 6.62. The van der Waals surface area contributed by atoms with E-state index in [1.807, 2.05) is 0 Å². The maximum atomic E-state index is 3.62. The zero-order valence-electron chi connectivity index (χ0n) is 10.3. The molecule has 0 aliphatic heterocycles. The van der Waals surface area contributed by atoms with E-state index in [2.05, 4.69) is 18.2 Å². The van der Waals surface area contributed by atoms with Crippen molar-refractivity contribution >= 4 is 0 Å². The fourth-order valence-corrected chi connectivity index (χ4v) is 5.21. The molecule has 4 saturated carbocycles. The molecule has 0 atom stereocenters. The first-order chi connectivity index (χ1) is 7.34. The van der Waals surface area contributed by atoms with Gasteiger partial charge in [0.25, 0.3) is 0 Å². The molecule has 0 N–H and O–H groups in total. The molecule has 0 saturated heterocycles. The van der Waals surface area contributed by atoms with Gasteiger partial charge in [-0.15, -0.1) is 6.42 Å². The molecule has 0 aromatic carbocycles. The smallest absolute Gasteiger partial charge is 0.269 e. The van der Waals surface area contributed by atoms with Gasteiger partial charge in [0.2, 0.25) is 0 Å². The molecule has 0 heterocycles. The average molecular weight is 206 g/mol. The quantitative estimate of drug-likeness (QED) is 0.441. The minimum atomic E-state index is 0. The third kappa shape index (κ3) is 1.50. The molecule has 0 nitrogen and oxygen atoms in total. The van der Waals surface area contributed by atoms with Gasteiger partial charge in [0.05, 0.1) is 0 Å². The summed E-state index contributed by atoms with van der Waals surface area (Å²) in [7, 11) is 0. The minimum Gasteiger partial charge on any atom is -0.269 e. The van der Waals surface area contributed by atoms with Gasteiger partial charge < -0.3 is 0 Å². The van der Waals surface area contributed by atoms with E-state index in [1.165, 1.54) is 19.3 Å². The Morgan fingerprint density at radius 2 is 1.56 bits per heavy atom. The molecule has 5 rings (SSSR count). The van der Waals surface area contributed by atoms with Gasteiger partial charge in [-0.3, -0.25) is 6.08 Å². The van der Waals surface area contributed by atoms with Crippen LogP contribution in [0.1, 0.15) is 44.9 Å². The first-order valence-electron chi connectivity index (χ1n) is 6.62. The molecule has 0 aromatic rings. The molecule has 4 bridgehead atoms. The van der Waals surface area contributed by atoms with Crippen molar-refractivity contribution in [2.75, 3.05) is 0 Å². The van der Waals surface area contributed by atoms with Gasteiger partial charge in [0.1, 0.15) is 0 Å². The predicted octanol–water partition coefficient (Wildman–Crippen LogP) is 0.896. The van der Waals surface area contributed by atoms with Crippen molar-refractivity contribution in [3.05, 3.63) is 23.8 Å². The molecule has 0 radical (unpaired) electrons. The third-order valence-corrected chi connectivity index (χ3v) is 5.30. The normalized spacial score (nSPS) is 48.0. The van der Waals surface area contributed by atoms with E-state index >= 15 is 0 Å². The van der Waals surface area contributed by atoms with Gasteiger partial charge >= 0.3 is 18.9 Å². The van der Waals surface area contributed by atoms with Crippen molar-refractivity contribution in [3.8, 4) is 0 Å². The van der Waals surface area contributed by atoms with E-state index in [-0.39, 0.29) is 18.9 Å². The zero-order chi connectivity index (χ0) is 9.88. The van der Waals surface area contributed by atoms with Crippen LogP contribution in [0.3, 0.4) is 0 Å². The fourth-order valence-electron chi connectivity index (χ4n) is 5.21. The molecule has 0 amide bonds. The summed E-state index contributed by atoms with van der Waals surface area (Å²) >= 11 is 0. The molecule has 4 fully saturated rings. The standard InChI is InChI=1S/C15H19.Li/c1-2-4-14(3-1)15-8-11-5-12(9-15)7-13(6-11)10-15;/h1,3,11-13H,2,5-10H2;/q-1;+1. The van der Waals surface area contributed by atoms with Crippen LogP contribution in [0.15, 0.2) is 17.7 Å². The van der Waals surface area contributed by atoms with Crippen LogP contribution in [-0.2, 0) is 0 Å². The molecule has 0 unspecified atom stereocenters. The van der Waals surface area contributed by atoms with Crippen LogP contribution in [0.4, 0.5) is 0 Å². The SMILES string of the molecule is [C-]1=C(C23CC4CC(CC(C4)C2)C3)C=CC1.[Li+]. The van der Waals surface area contributed by atoms with Crippen molar-refractivity contribution in [3.63, 3.8) is 0 Å². The number of allylic oxidation sites excluding steroid dienone is 4. The molecule has 5 aliphatic rings. The van der Waals surface area contributed by atoms with E-state index in [0.29, 0.717) is 5.41 Å². The summed E-state index contributed by atoms with van der Waals surface area (Å²) in [6.07, 6.45) is 18.5. The molecule has 5 aliphatic carbocycles. The second kappa shape index (κ2) is 3.79. The Morgan fingerprint density at radius 1 is 1.00 bits per heavy atom. The Morgan fingerprint density at radius 3 is 2.00 bits per heavy atom. The van der Waals surface area contributed by atoms with Crippen LogP contribution < -0.4 is 18.9 Å². The van der Waals surface area contributed by atoms with Crippen LogP contribution in [0.25, 0.3) is 0 Å².